The van der Waals surface area contributed by atoms with Crippen molar-refractivity contribution in [3.05, 3.63) is 23.3 Å². The maximum absolute atomic E-state index is 11.5. The summed E-state index contributed by atoms with van der Waals surface area (Å²) in [6.45, 7) is 2.13. The highest BCUT2D eigenvalue weighted by atomic mass is 16.7. The van der Waals surface area contributed by atoms with Crippen molar-refractivity contribution in [2.45, 2.75) is 32.2 Å². The average molecular weight is 263 g/mol. The summed E-state index contributed by atoms with van der Waals surface area (Å²) in [5.74, 6) is 0.547. The van der Waals surface area contributed by atoms with E-state index in [1.165, 1.54) is 0 Å². The summed E-state index contributed by atoms with van der Waals surface area (Å²) >= 11 is 0. The van der Waals surface area contributed by atoms with E-state index in [9.17, 15) is 9.90 Å². The van der Waals surface area contributed by atoms with Crippen LogP contribution in [0.2, 0.25) is 0 Å². The number of carboxylic acid groups (broad SMARTS) is 1. The summed E-state index contributed by atoms with van der Waals surface area (Å²) in [6.07, 6.45) is 2.19. The van der Waals surface area contributed by atoms with Gasteiger partial charge in [0.25, 0.3) is 0 Å². The monoisotopic (exact) mass is 263 g/mol. The van der Waals surface area contributed by atoms with Crippen LogP contribution in [0.15, 0.2) is 12.1 Å². The number of fused-ring (bicyclic) bond motifs is 1. The van der Waals surface area contributed by atoms with Gasteiger partial charge < -0.3 is 20.3 Å². The summed E-state index contributed by atoms with van der Waals surface area (Å²) in [6, 6.07) is 3.19. The molecule has 5 nitrogen and oxygen atoms in total. The Morgan fingerprint density at radius 1 is 1.37 bits per heavy atom. The molecule has 1 fully saturated rings. The Morgan fingerprint density at radius 2 is 2.00 bits per heavy atom. The molecule has 5 heteroatoms. The highest BCUT2D eigenvalue weighted by Crippen LogP contribution is 2.51. The Labute approximate surface area is 111 Å². The topological polar surface area (TPSA) is 81.8 Å². The molecule has 1 unspecified atom stereocenters. The largest absolute Gasteiger partial charge is 0.481 e. The molecule has 1 heterocycles. The lowest BCUT2D eigenvalue weighted by Crippen LogP contribution is -2.47. The maximum Gasteiger partial charge on any atom is 0.311 e. The van der Waals surface area contributed by atoms with Crippen molar-refractivity contribution in [1.29, 1.82) is 0 Å². The van der Waals surface area contributed by atoms with Gasteiger partial charge >= 0.3 is 5.97 Å². The number of hydrogen-bond donors (Lipinski definition) is 2. The van der Waals surface area contributed by atoms with Gasteiger partial charge in [0.2, 0.25) is 6.79 Å². The highest BCUT2D eigenvalue weighted by molar-refractivity contribution is 5.77. The first kappa shape index (κ1) is 12.3. The van der Waals surface area contributed by atoms with Crippen LogP contribution < -0.4 is 15.2 Å². The van der Waals surface area contributed by atoms with Crippen molar-refractivity contribution in [2.75, 3.05) is 6.79 Å². The van der Waals surface area contributed by atoms with Crippen molar-refractivity contribution in [3.8, 4) is 11.5 Å². The summed E-state index contributed by atoms with van der Waals surface area (Å²) in [7, 11) is 0. The van der Waals surface area contributed by atoms with E-state index in [0.29, 0.717) is 24.3 Å². The molecule has 1 aromatic carbocycles. The van der Waals surface area contributed by atoms with Crippen LogP contribution in [0.5, 0.6) is 11.5 Å². The summed E-state index contributed by atoms with van der Waals surface area (Å²) in [5.41, 5.74) is 7.22. The van der Waals surface area contributed by atoms with Gasteiger partial charge in [0, 0.05) is 6.04 Å². The maximum atomic E-state index is 11.5. The lowest BCUT2D eigenvalue weighted by molar-refractivity contribution is -0.156. The predicted octanol–water partition coefficient (Wildman–Crippen LogP) is 1.98. The predicted molar refractivity (Wildman–Crippen MR) is 68.2 cm³/mol. The zero-order chi connectivity index (χ0) is 13.6. The number of rotatable bonds is 3. The third kappa shape index (κ3) is 1.69. The van der Waals surface area contributed by atoms with E-state index in [1.54, 1.807) is 0 Å². The van der Waals surface area contributed by atoms with Crippen LogP contribution in [0.1, 0.15) is 36.4 Å². The van der Waals surface area contributed by atoms with Crippen molar-refractivity contribution in [1.82, 2.24) is 0 Å². The van der Waals surface area contributed by atoms with Crippen LogP contribution in [0.3, 0.4) is 0 Å². The quantitative estimate of drug-likeness (QED) is 0.871. The first-order chi connectivity index (χ1) is 9.04. The molecule has 0 saturated heterocycles. The van der Waals surface area contributed by atoms with Crippen molar-refractivity contribution >= 4 is 5.97 Å². The number of ether oxygens (including phenoxy) is 2. The van der Waals surface area contributed by atoms with E-state index in [1.807, 2.05) is 19.1 Å². The normalized spacial score (nSPS) is 20.7. The van der Waals surface area contributed by atoms with E-state index >= 15 is 0 Å². The summed E-state index contributed by atoms with van der Waals surface area (Å²) < 4.78 is 10.7. The number of aliphatic carboxylic acids is 1. The van der Waals surface area contributed by atoms with Crippen LogP contribution in [0, 0.1) is 12.3 Å². The molecule has 3 N–H and O–H groups in total. The number of aryl methyl sites for hydroxylation is 1. The van der Waals surface area contributed by atoms with E-state index in [4.69, 9.17) is 15.2 Å². The van der Waals surface area contributed by atoms with Crippen LogP contribution in [-0.2, 0) is 4.79 Å². The lowest BCUT2D eigenvalue weighted by atomic mass is 9.62. The average Bonchev–Trinajstić information content (AvgIpc) is 2.72. The molecule has 1 aliphatic carbocycles. The van der Waals surface area contributed by atoms with Crippen LogP contribution in [0.4, 0.5) is 0 Å². The standard InChI is InChI=1S/C14H17NO4/c1-8-5-10-11(19-7-18-10)6-9(8)12(15)14(13(16)17)3-2-4-14/h5-6,12H,2-4,7,15H2,1H3,(H,16,17). The molecule has 0 amide bonds. The molecule has 0 bridgehead atoms. The van der Waals surface area contributed by atoms with Gasteiger partial charge in [-0.25, -0.2) is 0 Å². The van der Waals surface area contributed by atoms with Crippen molar-refractivity contribution < 1.29 is 19.4 Å². The molecule has 1 saturated carbocycles. The second kappa shape index (κ2) is 4.13. The Kier molecular flexibility index (Phi) is 2.67. The van der Waals surface area contributed by atoms with Gasteiger partial charge in [0.05, 0.1) is 5.41 Å². The Morgan fingerprint density at radius 3 is 2.53 bits per heavy atom. The van der Waals surface area contributed by atoms with Gasteiger partial charge in [-0.2, -0.15) is 0 Å². The van der Waals surface area contributed by atoms with E-state index in [0.717, 1.165) is 17.5 Å². The summed E-state index contributed by atoms with van der Waals surface area (Å²) in [5, 5.41) is 9.46. The van der Waals surface area contributed by atoms with Gasteiger partial charge in [0.15, 0.2) is 11.5 Å². The van der Waals surface area contributed by atoms with E-state index in [-0.39, 0.29) is 6.79 Å². The van der Waals surface area contributed by atoms with Gasteiger partial charge in [0.1, 0.15) is 0 Å². The van der Waals surface area contributed by atoms with Crippen molar-refractivity contribution in [3.63, 3.8) is 0 Å². The van der Waals surface area contributed by atoms with Crippen LogP contribution in [0.25, 0.3) is 0 Å². The molecular formula is C14H17NO4. The first-order valence-electron chi connectivity index (χ1n) is 6.44. The van der Waals surface area contributed by atoms with Crippen LogP contribution in [-0.4, -0.2) is 17.9 Å². The Hall–Kier alpha value is -1.75. The van der Waals surface area contributed by atoms with Gasteiger partial charge in [-0.15, -0.1) is 0 Å². The van der Waals surface area contributed by atoms with E-state index in [2.05, 4.69) is 0 Å². The second-order valence-electron chi connectivity index (χ2n) is 5.35. The number of carbonyl (C=O) groups is 1. The summed E-state index contributed by atoms with van der Waals surface area (Å²) in [4.78, 5) is 11.5. The lowest BCUT2D eigenvalue weighted by Gasteiger charge is -2.42. The molecule has 0 radical (unpaired) electrons. The second-order valence-corrected chi connectivity index (χ2v) is 5.35. The van der Waals surface area contributed by atoms with E-state index < -0.39 is 17.4 Å². The molecule has 102 valence electrons. The minimum Gasteiger partial charge on any atom is -0.481 e. The molecule has 0 aromatic heterocycles. The zero-order valence-corrected chi connectivity index (χ0v) is 10.8. The Balaban J connectivity index is 2.00. The molecule has 3 rings (SSSR count). The zero-order valence-electron chi connectivity index (χ0n) is 10.8. The number of nitrogens with two attached hydrogens (primary N) is 1. The SMILES string of the molecule is Cc1cc2c(cc1C(N)C1(C(=O)O)CCC1)OCO2. The first-order valence-corrected chi connectivity index (χ1v) is 6.44. The Bertz CT molecular complexity index is 536. The van der Waals surface area contributed by atoms with Gasteiger partial charge in [-0.1, -0.05) is 6.42 Å². The van der Waals surface area contributed by atoms with Crippen LogP contribution >= 0.6 is 0 Å². The smallest absolute Gasteiger partial charge is 0.311 e. The highest BCUT2D eigenvalue weighted by Gasteiger charge is 2.50. The third-order valence-electron chi connectivity index (χ3n) is 4.36. The number of carboxylic acids is 1. The molecule has 1 aliphatic heterocycles. The minimum absolute atomic E-state index is 0.206. The molecule has 0 spiro atoms. The molecular weight excluding hydrogens is 246 g/mol. The number of hydrogen-bond acceptors (Lipinski definition) is 4. The minimum atomic E-state index is -0.821. The molecule has 19 heavy (non-hydrogen) atoms. The van der Waals surface area contributed by atoms with Gasteiger partial charge in [-0.05, 0) is 43.0 Å². The fraction of sp³-hybridized carbons (Fsp3) is 0.500. The fourth-order valence-corrected chi connectivity index (χ4v) is 2.91. The molecule has 1 aromatic rings. The van der Waals surface area contributed by atoms with Gasteiger partial charge in [-0.3, -0.25) is 4.79 Å². The molecule has 2 aliphatic rings. The third-order valence-corrected chi connectivity index (χ3v) is 4.36. The van der Waals surface area contributed by atoms with Crippen molar-refractivity contribution in [2.24, 2.45) is 11.1 Å². The fourth-order valence-electron chi connectivity index (χ4n) is 2.91. The molecule has 1 atom stereocenters. The number of benzene rings is 1.